The van der Waals surface area contributed by atoms with E-state index in [9.17, 15) is 19.5 Å². The molecule has 2 saturated heterocycles. The smallest absolute Gasteiger partial charge is 0.249 e. The number of carbonyl (C=O) groups excluding carboxylic acids is 3. The van der Waals surface area contributed by atoms with Crippen molar-refractivity contribution in [3.8, 4) is 5.75 Å². The van der Waals surface area contributed by atoms with Crippen LogP contribution in [0.5, 0.6) is 5.75 Å². The standard InChI is InChI=1S/C29H37N3O6/c1-6-37-20-12-10-19(11-13-20)30-15-7-9-21-22(25(30)34)23-26(35)32(18(2)17-33)24-27(36)31(28(3,4)5)16-8-14-29(23,24)38-21/h7-14,18,21-24,33H,6,15-17H2,1-5H3/t18-,21-,22+,23+,24?,29+/m1/s1. The number of likely N-dealkylation sites (tertiary alicyclic amines) is 1. The maximum atomic E-state index is 14.2. The van der Waals surface area contributed by atoms with Gasteiger partial charge in [0.2, 0.25) is 17.7 Å². The summed E-state index contributed by atoms with van der Waals surface area (Å²) in [5, 5.41) is 10.1. The zero-order chi connectivity index (χ0) is 27.4. The molecule has 0 bridgehead atoms. The molecule has 0 aliphatic carbocycles. The zero-order valence-electron chi connectivity index (χ0n) is 22.7. The van der Waals surface area contributed by atoms with Gasteiger partial charge in [0.1, 0.15) is 17.4 Å². The van der Waals surface area contributed by atoms with E-state index in [1.165, 1.54) is 4.90 Å². The highest BCUT2D eigenvalue weighted by molar-refractivity contribution is 6.04. The lowest BCUT2D eigenvalue weighted by Crippen LogP contribution is -2.60. The summed E-state index contributed by atoms with van der Waals surface area (Å²) in [6.45, 7) is 10.4. The first-order chi connectivity index (χ1) is 18.0. The molecular formula is C29H37N3O6. The molecule has 2 fully saturated rings. The van der Waals surface area contributed by atoms with Gasteiger partial charge in [0, 0.05) is 24.3 Å². The first-order valence-corrected chi connectivity index (χ1v) is 13.4. The van der Waals surface area contributed by atoms with Crippen LogP contribution in [0.2, 0.25) is 0 Å². The summed E-state index contributed by atoms with van der Waals surface area (Å²) in [4.78, 5) is 47.3. The van der Waals surface area contributed by atoms with Gasteiger partial charge in [0.25, 0.3) is 0 Å². The number of benzene rings is 1. The lowest BCUT2D eigenvalue weighted by Gasteiger charge is -2.41. The molecule has 1 unspecified atom stereocenters. The Balaban J connectivity index is 1.58. The fourth-order valence-electron chi connectivity index (χ4n) is 6.36. The van der Waals surface area contributed by atoms with Crippen LogP contribution >= 0.6 is 0 Å². The maximum absolute atomic E-state index is 14.2. The third kappa shape index (κ3) is 3.94. The van der Waals surface area contributed by atoms with Gasteiger partial charge in [-0.1, -0.05) is 24.3 Å². The molecule has 9 heteroatoms. The number of carbonyl (C=O) groups is 3. The predicted molar refractivity (Wildman–Crippen MR) is 141 cm³/mol. The summed E-state index contributed by atoms with van der Waals surface area (Å²) in [6.07, 6.45) is 6.77. The zero-order valence-corrected chi connectivity index (χ0v) is 22.7. The molecule has 38 heavy (non-hydrogen) atoms. The molecule has 1 aromatic carbocycles. The van der Waals surface area contributed by atoms with Crippen molar-refractivity contribution >= 4 is 23.4 Å². The minimum atomic E-state index is -1.31. The number of aliphatic hydroxyl groups excluding tert-OH is 1. The number of ether oxygens (including phenoxy) is 2. The molecule has 0 saturated carbocycles. The van der Waals surface area contributed by atoms with Gasteiger partial charge in [-0.25, -0.2) is 0 Å². The van der Waals surface area contributed by atoms with Crippen LogP contribution in [0.4, 0.5) is 5.69 Å². The molecule has 4 aliphatic heterocycles. The normalized spacial score (nSPS) is 31.6. The molecule has 4 aliphatic rings. The van der Waals surface area contributed by atoms with Gasteiger partial charge in [-0.2, -0.15) is 0 Å². The molecule has 0 aromatic heterocycles. The SMILES string of the molecule is CCOc1ccc(N2CC=C[C@H]3O[C@]45C=CCN(C(C)(C)C)C(=O)C4N([C@H](C)CO)C(=O)[C@@H]5[C@H]3C2=O)cc1. The second kappa shape index (κ2) is 9.54. The van der Waals surface area contributed by atoms with Crippen LogP contribution in [0.3, 0.4) is 0 Å². The lowest BCUT2D eigenvalue weighted by molar-refractivity contribution is -0.153. The second-order valence-electron chi connectivity index (χ2n) is 11.4. The first kappa shape index (κ1) is 26.4. The van der Waals surface area contributed by atoms with Crippen LogP contribution in [0.15, 0.2) is 48.6 Å². The molecule has 3 amide bonds. The van der Waals surface area contributed by atoms with Crippen molar-refractivity contribution in [1.82, 2.24) is 9.80 Å². The summed E-state index contributed by atoms with van der Waals surface area (Å²) >= 11 is 0. The highest BCUT2D eigenvalue weighted by atomic mass is 16.5. The van der Waals surface area contributed by atoms with Crippen molar-refractivity contribution < 1.29 is 29.0 Å². The van der Waals surface area contributed by atoms with E-state index in [2.05, 4.69) is 0 Å². The molecule has 1 spiro atoms. The third-order valence-electron chi connectivity index (χ3n) is 8.10. The van der Waals surface area contributed by atoms with E-state index < -0.39 is 41.2 Å². The van der Waals surface area contributed by atoms with Gasteiger partial charge in [0.15, 0.2) is 0 Å². The summed E-state index contributed by atoms with van der Waals surface area (Å²) in [5.41, 5.74) is -1.11. The number of anilines is 1. The van der Waals surface area contributed by atoms with Crippen molar-refractivity contribution in [1.29, 1.82) is 0 Å². The Bertz CT molecular complexity index is 1170. The quantitative estimate of drug-likeness (QED) is 0.594. The number of hydrogen-bond donors (Lipinski definition) is 1. The third-order valence-corrected chi connectivity index (χ3v) is 8.10. The number of hydrogen-bond acceptors (Lipinski definition) is 6. The fourth-order valence-corrected chi connectivity index (χ4v) is 6.36. The van der Waals surface area contributed by atoms with Gasteiger partial charge >= 0.3 is 0 Å². The Morgan fingerprint density at radius 2 is 1.79 bits per heavy atom. The van der Waals surface area contributed by atoms with Gasteiger partial charge in [-0.15, -0.1) is 0 Å². The van der Waals surface area contributed by atoms with Crippen molar-refractivity contribution in [2.24, 2.45) is 11.8 Å². The largest absolute Gasteiger partial charge is 0.494 e. The summed E-state index contributed by atoms with van der Waals surface area (Å²) in [6, 6.07) is 5.71. The summed E-state index contributed by atoms with van der Waals surface area (Å²) in [5.74, 6) is -1.81. The van der Waals surface area contributed by atoms with E-state index in [1.54, 1.807) is 16.7 Å². The van der Waals surface area contributed by atoms with Gasteiger partial charge in [-0.3, -0.25) is 14.4 Å². The van der Waals surface area contributed by atoms with Crippen LogP contribution in [0.1, 0.15) is 34.6 Å². The van der Waals surface area contributed by atoms with E-state index in [-0.39, 0.29) is 24.3 Å². The minimum absolute atomic E-state index is 0.227. The van der Waals surface area contributed by atoms with Crippen LogP contribution in [0, 0.1) is 11.8 Å². The van der Waals surface area contributed by atoms with Crippen molar-refractivity contribution in [2.45, 2.75) is 63.9 Å². The Hall–Kier alpha value is -3.17. The number of amides is 3. The molecule has 5 rings (SSSR count). The Kier molecular flexibility index (Phi) is 6.64. The van der Waals surface area contributed by atoms with Crippen molar-refractivity contribution in [2.75, 3.05) is 31.2 Å². The molecule has 0 radical (unpaired) electrons. The molecule has 6 atom stereocenters. The van der Waals surface area contributed by atoms with Crippen molar-refractivity contribution in [3.05, 3.63) is 48.6 Å². The number of aliphatic hydroxyl groups is 1. The maximum Gasteiger partial charge on any atom is 0.249 e. The Labute approximate surface area is 223 Å². The number of fused-ring (bicyclic) bond motifs is 2. The van der Waals surface area contributed by atoms with Gasteiger partial charge in [-0.05, 0) is 58.9 Å². The minimum Gasteiger partial charge on any atom is -0.494 e. The Morgan fingerprint density at radius 1 is 1.08 bits per heavy atom. The molecule has 1 N–H and O–H groups in total. The molecule has 204 valence electrons. The van der Waals surface area contributed by atoms with Crippen LogP contribution in [-0.2, 0) is 19.1 Å². The molecule has 9 nitrogen and oxygen atoms in total. The van der Waals surface area contributed by atoms with Crippen LogP contribution in [0.25, 0.3) is 0 Å². The lowest BCUT2D eigenvalue weighted by atomic mass is 9.77. The number of nitrogens with zero attached hydrogens (tertiary/aromatic N) is 3. The molecule has 1 aromatic rings. The highest BCUT2D eigenvalue weighted by Crippen LogP contribution is 2.54. The highest BCUT2D eigenvalue weighted by Gasteiger charge is 2.72. The average Bonchev–Trinajstić information content (AvgIpc) is 3.19. The van der Waals surface area contributed by atoms with E-state index in [0.717, 1.165) is 0 Å². The van der Waals surface area contributed by atoms with Crippen molar-refractivity contribution in [3.63, 3.8) is 0 Å². The average molecular weight is 524 g/mol. The second-order valence-corrected chi connectivity index (χ2v) is 11.4. The molecule has 4 heterocycles. The predicted octanol–water partition coefficient (Wildman–Crippen LogP) is 2.15. The topological polar surface area (TPSA) is 99.6 Å². The monoisotopic (exact) mass is 523 g/mol. The summed E-state index contributed by atoms with van der Waals surface area (Å²) < 4.78 is 12.2. The first-order valence-electron chi connectivity index (χ1n) is 13.4. The fraction of sp³-hybridized carbons (Fsp3) is 0.552. The van der Waals surface area contributed by atoms with Crippen LogP contribution < -0.4 is 9.64 Å². The molecular weight excluding hydrogens is 486 g/mol. The van der Waals surface area contributed by atoms with E-state index in [1.807, 2.05) is 76.3 Å². The van der Waals surface area contributed by atoms with E-state index in [4.69, 9.17) is 9.47 Å². The van der Waals surface area contributed by atoms with Gasteiger partial charge < -0.3 is 29.3 Å². The Morgan fingerprint density at radius 3 is 2.42 bits per heavy atom. The van der Waals surface area contributed by atoms with Crippen LogP contribution in [-0.4, -0.2) is 88.3 Å². The number of rotatable bonds is 5. The van der Waals surface area contributed by atoms with E-state index in [0.29, 0.717) is 31.1 Å². The van der Waals surface area contributed by atoms with Gasteiger partial charge in [0.05, 0.1) is 37.2 Å². The van der Waals surface area contributed by atoms with E-state index >= 15 is 0 Å². The summed E-state index contributed by atoms with van der Waals surface area (Å²) in [7, 11) is 0.